The van der Waals surface area contributed by atoms with Crippen molar-refractivity contribution in [2.24, 2.45) is 5.92 Å². The van der Waals surface area contributed by atoms with Crippen LogP contribution in [0.1, 0.15) is 26.3 Å². The summed E-state index contributed by atoms with van der Waals surface area (Å²) in [5.41, 5.74) is 1.08. The maximum Gasteiger partial charge on any atom is 0.103 e. The molecule has 0 aliphatic carbocycles. The Morgan fingerprint density at radius 2 is 2.00 bits per heavy atom. The van der Waals surface area contributed by atoms with Crippen LogP contribution in [0.4, 0.5) is 0 Å². The molecule has 1 aromatic rings. The molecule has 0 aromatic heterocycles. The fourth-order valence-corrected chi connectivity index (χ4v) is 2.11. The number of hydrogen-bond donors (Lipinski definition) is 1. The summed E-state index contributed by atoms with van der Waals surface area (Å²) < 4.78 is 6.06. The minimum Gasteiger partial charge on any atom is -0.368 e. The molecule has 0 saturated carbocycles. The highest BCUT2D eigenvalue weighted by atomic mass is 16.5. The van der Waals surface area contributed by atoms with Gasteiger partial charge < -0.3 is 10.1 Å². The molecule has 0 spiro atoms. The van der Waals surface area contributed by atoms with Crippen molar-refractivity contribution in [1.29, 1.82) is 0 Å². The summed E-state index contributed by atoms with van der Waals surface area (Å²) in [4.78, 5) is 0. The Hall–Kier alpha value is -0.860. The van der Waals surface area contributed by atoms with Crippen LogP contribution in [-0.4, -0.2) is 19.2 Å². The summed E-state index contributed by atoms with van der Waals surface area (Å²) in [7, 11) is 0. The third-order valence-electron chi connectivity index (χ3n) is 3.47. The monoisotopic (exact) mass is 219 g/mol. The van der Waals surface area contributed by atoms with Crippen LogP contribution in [0.25, 0.3) is 0 Å². The second-order valence-corrected chi connectivity index (χ2v) is 5.14. The molecule has 2 unspecified atom stereocenters. The van der Waals surface area contributed by atoms with E-state index >= 15 is 0 Å². The smallest absolute Gasteiger partial charge is 0.103 e. The zero-order valence-corrected chi connectivity index (χ0v) is 10.4. The molecule has 16 heavy (non-hydrogen) atoms. The number of benzene rings is 1. The lowest BCUT2D eigenvalue weighted by molar-refractivity contribution is -0.0823. The first-order chi connectivity index (χ1) is 7.62. The lowest BCUT2D eigenvalue weighted by Crippen LogP contribution is -2.53. The number of hydrogen-bond acceptors (Lipinski definition) is 2. The van der Waals surface area contributed by atoms with Crippen molar-refractivity contribution in [2.45, 2.75) is 32.4 Å². The first kappa shape index (κ1) is 11.6. The maximum atomic E-state index is 6.06. The molecule has 2 nitrogen and oxygen atoms in total. The Bertz CT molecular complexity index is 326. The Morgan fingerprint density at radius 1 is 1.31 bits per heavy atom. The van der Waals surface area contributed by atoms with Gasteiger partial charge >= 0.3 is 0 Å². The molecule has 1 saturated heterocycles. The van der Waals surface area contributed by atoms with E-state index < -0.39 is 0 Å². The van der Waals surface area contributed by atoms with Crippen LogP contribution in [0.3, 0.4) is 0 Å². The molecule has 1 aliphatic heterocycles. The molecular weight excluding hydrogens is 198 g/mol. The second-order valence-electron chi connectivity index (χ2n) is 5.14. The number of ether oxygens (including phenoxy) is 1. The topological polar surface area (TPSA) is 21.3 Å². The van der Waals surface area contributed by atoms with Gasteiger partial charge in [-0.2, -0.15) is 0 Å². The predicted octanol–water partition coefficient (Wildman–Crippen LogP) is 2.55. The third-order valence-corrected chi connectivity index (χ3v) is 3.47. The summed E-state index contributed by atoms with van der Waals surface area (Å²) in [5, 5.41) is 3.58. The highest BCUT2D eigenvalue weighted by molar-refractivity contribution is 5.23. The van der Waals surface area contributed by atoms with Gasteiger partial charge in [0.25, 0.3) is 0 Å². The highest BCUT2D eigenvalue weighted by Crippen LogP contribution is 2.28. The molecule has 1 heterocycles. The Balaban J connectivity index is 2.07. The molecule has 0 radical (unpaired) electrons. The molecule has 1 aromatic carbocycles. The quantitative estimate of drug-likeness (QED) is 0.825. The molecule has 1 N–H and O–H groups in total. The normalized spacial score (nSPS) is 30.6. The largest absolute Gasteiger partial charge is 0.368 e. The van der Waals surface area contributed by atoms with Gasteiger partial charge in [0, 0.05) is 12.6 Å². The van der Waals surface area contributed by atoms with Gasteiger partial charge in [-0.15, -0.1) is 0 Å². The lowest BCUT2D eigenvalue weighted by atomic mass is 9.92. The molecular formula is C14H21NO. The zero-order chi connectivity index (χ0) is 11.6. The average molecular weight is 219 g/mol. The molecule has 0 amide bonds. The molecule has 0 bridgehead atoms. The van der Waals surface area contributed by atoms with Crippen LogP contribution in [0, 0.1) is 5.92 Å². The van der Waals surface area contributed by atoms with Crippen LogP contribution in [0.15, 0.2) is 30.3 Å². The van der Waals surface area contributed by atoms with Crippen LogP contribution in [0.5, 0.6) is 0 Å². The second kappa shape index (κ2) is 4.56. The molecule has 88 valence electrons. The summed E-state index contributed by atoms with van der Waals surface area (Å²) >= 11 is 0. The predicted molar refractivity (Wildman–Crippen MR) is 66.4 cm³/mol. The zero-order valence-electron chi connectivity index (χ0n) is 10.4. The molecule has 1 aliphatic rings. The summed E-state index contributed by atoms with van der Waals surface area (Å²) in [6, 6.07) is 10.9. The third kappa shape index (κ3) is 2.28. The van der Waals surface area contributed by atoms with Crippen molar-refractivity contribution in [3.8, 4) is 0 Å². The van der Waals surface area contributed by atoms with Crippen molar-refractivity contribution in [1.82, 2.24) is 5.32 Å². The van der Waals surface area contributed by atoms with E-state index in [1.807, 2.05) is 6.07 Å². The highest BCUT2D eigenvalue weighted by Gasteiger charge is 2.33. The molecule has 2 atom stereocenters. The Labute approximate surface area is 98.0 Å². The fraction of sp³-hybridized carbons (Fsp3) is 0.571. The maximum absolute atomic E-state index is 6.06. The summed E-state index contributed by atoms with van der Waals surface area (Å²) in [5.74, 6) is 0.625. The van der Waals surface area contributed by atoms with Gasteiger partial charge in [0.05, 0.1) is 6.61 Å². The van der Waals surface area contributed by atoms with Crippen molar-refractivity contribution >= 4 is 0 Å². The molecule has 2 rings (SSSR count). The minimum absolute atomic E-state index is 0.174. The van der Waals surface area contributed by atoms with Crippen LogP contribution < -0.4 is 5.32 Å². The van der Waals surface area contributed by atoms with Gasteiger partial charge in [-0.1, -0.05) is 44.2 Å². The number of morpholine rings is 1. The van der Waals surface area contributed by atoms with Crippen molar-refractivity contribution in [2.75, 3.05) is 13.2 Å². The average Bonchev–Trinajstić information content (AvgIpc) is 2.31. The van der Waals surface area contributed by atoms with Crippen molar-refractivity contribution in [3.63, 3.8) is 0 Å². The molecule has 2 heteroatoms. The van der Waals surface area contributed by atoms with Gasteiger partial charge in [0.2, 0.25) is 0 Å². The SMILES string of the molecule is CC(C)C1COC(C)(c2ccccc2)CN1. The van der Waals surface area contributed by atoms with E-state index in [0.29, 0.717) is 12.0 Å². The summed E-state index contributed by atoms with van der Waals surface area (Å²) in [6.45, 7) is 8.30. The van der Waals surface area contributed by atoms with E-state index in [0.717, 1.165) is 13.2 Å². The van der Waals surface area contributed by atoms with Gasteiger partial charge in [0.15, 0.2) is 0 Å². The van der Waals surface area contributed by atoms with E-state index in [1.54, 1.807) is 0 Å². The van der Waals surface area contributed by atoms with E-state index in [4.69, 9.17) is 4.74 Å². The molecule has 1 fully saturated rings. The van der Waals surface area contributed by atoms with Crippen LogP contribution >= 0.6 is 0 Å². The van der Waals surface area contributed by atoms with E-state index in [9.17, 15) is 0 Å². The van der Waals surface area contributed by atoms with E-state index in [2.05, 4.69) is 50.4 Å². The first-order valence-electron chi connectivity index (χ1n) is 6.05. The Morgan fingerprint density at radius 3 is 2.50 bits per heavy atom. The van der Waals surface area contributed by atoms with Gasteiger partial charge in [-0.05, 0) is 18.4 Å². The number of rotatable bonds is 2. The minimum atomic E-state index is -0.174. The van der Waals surface area contributed by atoms with E-state index in [-0.39, 0.29) is 5.60 Å². The van der Waals surface area contributed by atoms with Crippen LogP contribution in [0.2, 0.25) is 0 Å². The van der Waals surface area contributed by atoms with Gasteiger partial charge in [-0.25, -0.2) is 0 Å². The van der Waals surface area contributed by atoms with Crippen molar-refractivity contribution < 1.29 is 4.74 Å². The van der Waals surface area contributed by atoms with Gasteiger partial charge in [-0.3, -0.25) is 0 Å². The lowest BCUT2D eigenvalue weighted by Gasteiger charge is -2.40. The number of nitrogens with one attached hydrogen (secondary N) is 1. The van der Waals surface area contributed by atoms with Crippen molar-refractivity contribution in [3.05, 3.63) is 35.9 Å². The fourth-order valence-electron chi connectivity index (χ4n) is 2.11. The summed E-state index contributed by atoms with van der Waals surface area (Å²) in [6.07, 6.45) is 0. The van der Waals surface area contributed by atoms with E-state index in [1.165, 1.54) is 5.56 Å². The van der Waals surface area contributed by atoms with Gasteiger partial charge in [0.1, 0.15) is 5.60 Å². The standard InChI is InChI=1S/C14H21NO/c1-11(2)13-9-16-14(3,10-15-13)12-7-5-4-6-8-12/h4-8,11,13,15H,9-10H2,1-3H3. The van der Waals surface area contributed by atoms with Crippen LogP contribution in [-0.2, 0) is 10.3 Å². The Kier molecular flexibility index (Phi) is 3.31. The first-order valence-corrected chi connectivity index (χ1v) is 6.05.